The minimum Gasteiger partial charge on any atom is -0.443 e. The fraction of sp³-hybridized carbons (Fsp3) is 0.462. The Hall–Kier alpha value is -1.59. The van der Waals surface area contributed by atoms with E-state index in [2.05, 4.69) is 5.32 Å². The van der Waals surface area contributed by atoms with Crippen LogP contribution in [0.1, 0.15) is 12.0 Å². The second kappa shape index (κ2) is 6.37. The average Bonchev–Trinajstić information content (AvgIpc) is 2.76. The van der Waals surface area contributed by atoms with Crippen LogP contribution in [0.2, 0.25) is 0 Å². The Labute approximate surface area is 106 Å². The summed E-state index contributed by atoms with van der Waals surface area (Å²) in [7, 11) is 0. The summed E-state index contributed by atoms with van der Waals surface area (Å²) >= 11 is 0. The van der Waals surface area contributed by atoms with E-state index in [1.54, 1.807) is 0 Å². The van der Waals surface area contributed by atoms with E-state index in [1.165, 1.54) is 0 Å². The highest BCUT2D eigenvalue weighted by Crippen LogP contribution is 2.11. The Kier molecular flexibility index (Phi) is 4.55. The predicted octanol–water partition coefficient (Wildman–Crippen LogP) is 1.03. The van der Waals surface area contributed by atoms with Gasteiger partial charge in [0.25, 0.3) is 0 Å². The van der Waals surface area contributed by atoms with Crippen molar-refractivity contribution in [3.63, 3.8) is 0 Å². The fourth-order valence-corrected chi connectivity index (χ4v) is 1.94. The molecule has 1 aromatic carbocycles. The van der Waals surface area contributed by atoms with Crippen molar-refractivity contribution in [2.45, 2.75) is 25.2 Å². The Morgan fingerprint density at radius 2 is 2.11 bits per heavy atom. The Balaban J connectivity index is 1.68. The van der Waals surface area contributed by atoms with Crippen molar-refractivity contribution in [2.75, 3.05) is 13.2 Å². The number of rotatable bonds is 6. The molecule has 1 heterocycles. The zero-order valence-electron chi connectivity index (χ0n) is 10.2. The third-order valence-corrected chi connectivity index (χ3v) is 2.93. The molecular formula is C13H18N2O3. The van der Waals surface area contributed by atoms with E-state index in [0.717, 1.165) is 5.56 Å². The molecule has 3 N–H and O–H groups in total. The molecule has 0 spiro atoms. The van der Waals surface area contributed by atoms with Crippen LogP contribution >= 0.6 is 0 Å². The monoisotopic (exact) mass is 250 g/mol. The second-order valence-electron chi connectivity index (χ2n) is 4.26. The lowest BCUT2D eigenvalue weighted by Gasteiger charge is -2.14. The Bertz CT molecular complexity index is 383. The van der Waals surface area contributed by atoms with Gasteiger partial charge in [-0.2, -0.15) is 0 Å². The summed E-state index contributed by atoms with van der Waals surface area (Å²) in [4.78, 5) is 11.0. The number of ether oxygens (including phenoxy) is 2. The first-order chi connectivity index (χ1) is 8.79. The zero-order chi connectivity index (χ0) is 12.8. The number of benzene rings is 1. The van der Waals surface area contributed by atoms with E-state index in [-0.39, 0.29) is 12.1 Å². The van der Waals surface area contributed by atoms with Crippen LogP contribution in [0.4, 0.5) is 4.79 Å². The van der Waals surface area contributed by atoms with Gasteiger partial charge >= 0.3 is 6.09 Å². The molecule has 5 heteroatoms. The van der Waals surface area contributed by atoms with Gasteiger partial charge in [0, 0.05) is 13.2 Å². The molecule has 18 heavy (non-hydrogen) atoms. The second-order valence-corrected chi connectivity index (χ2v) is 4.26. The summed E-state index contributed by atoms with van der Waals surface area (Å²) < 4.78 is 10.6. The number of hydrogen-bond acceptors (Lipinski definition) is 4. The number of cyclic esters (lactones) is 1. The molecule has 2 rings (SSSR count). The van der Waals surface area contributed by atoms with Crippen LogP contribution in [0.25, 0.3) is 0 Å². The largest absolute Gasteiger partial charge is 0.443 e. The molecule has 0 radical (unpaired) electrons. The first-order valence-electron chi connectivity index (χ1n) is 6.08. The summed E-state index contributed by atoms with van der Waals surface area (Å²) in [5.74, 6) is 0. The summed E-state index contributed by atoms with van der Waals surface area (Å²) in [5, 5.41) is 2.73. The normalized spacial score (nSPS) is 22.6. The highest BCUT2D eigenvalue weighted by atomic mass is 16.6. The number of hydrogen-bond donors (Lipinski definition) is 2. The van der Waals surface area contributed by atoms with Crippen molar-refractivity contribution < 1.29 is 14.3 Å². The van der Waals surface area contributed by atoms with Crippen LogP contribution in [0, 0.1) is 0 Å². The number of nitrogens with one attached hydrogen (secondary N) is 1. The molecule has 1 aliphatic heterocycles. The van der Waals surface area contributed by atoms with Crippen molar-refractivity contribution >= 4 is 6.09 Å². The van der Waals surface area contributed by atoms with E-state index in [4.69, 9.17) is 15.2 Å². The fourth-order valence-electron chi connectivity index (χ4n) is 1.94. The molecule has 2 atom stereocenters. The molecule has 1 saturated heterocycles. The molecule has 0 aliphatic carbocycles. The van der Waals surface area contributed by atoms with Gasteiger partial charge in [0.1, 0.15) is 6.10 Å². The third kappa shape index (κ3) is 3.45. The standard InChI is InChI=1S/C13H18N2O3/c14-8-12-11(15-13(16)18-12)6-7-17-9-10-4-2-1-3-5-10/h1-5,11-12H,6-9,14H2,(H,15,16). The van der Waals surface area contributed by atoms with E-state index in [1.807, 2.05) is 30.3 Å². The highest BCUT2D eigenvalue weighted by Gasteiger charge is 2.32. The predicted molar refractivity (Wildman–Crippen MR) is 67.0 cm³/mol. The van der Waals surface area contributed by atoms with Gasteiger partial charge in [-0.1, -0.05) is 30.3 Å². The molecule has 5 nitrogen and oxygen atoms in total. The molecule has 1 aromatic rings. The molecule has 1 fully saturated rings. The van der Waals surface area contributed by atoms with E-state index < -0.39 is 6.09 Å². The molecule has 1 amide bonds. The van der Waals surface area contributed by atoms with Gasteiger partial charge in [0.15, 0.2) is 0 Å². The molecular weight excluding hydrogens is 232 g/mol. The topological polar surface area (TPSA) is 73.6 Å². The van der Waals surface area contributed by atoms with Crippen LogP contribution < -0.4 is 11.1 Å². The number of alkyl carbamates (subject to hydrolysis) is 1. The summed E-state index contributed by atoms with van der Waals surface area (Å²) in [6.07, 6.45) is 0.0804. The lowest BCUT2D eigenvalue weighted by atomic mass is 10.1. The lowest BCUT2D eigenvalue weighted by molar-refractivity contribution is 0.0974. The minimum absolute atomic E-state index is 0.0433. The summed E-state index contributed by atoms with van der Waals surface area (Å²) in [5.41, 5.74) is 6.66. The van der Waals surface area contributed by atoms with Crippen LogP contribution in [0.5, 0.6) is 0 Å². The third-order valence-electron chi connectivity index (χ3n) is 2.93. The van der Waals surface area contributed by atoms with Gasteiger partial charge in [0.05, 0.1) is 12.6 Å². The molecule has 1 aliphatic rings. The van der Waals surface area contributed by atoms with Gasteiger partial charge in [-0.15, -0.1) is 0 Å². The quantitative estimate of drug-likeness (QED) is 0.739. The number of carbonyl (C=O) groups excluding carboxylic acids is 1. The minimum atomic E-state index is -0.390. The molecule has 98 valence electrons. The molecule has 0 aromatic heterocycles. The molecule has 2 unspecified atom stereocenters. The van der Waals surface area contributed by atoms with Gasteiger partial charge in [0.2, 0.25) is 0 Å². The van der Waals surface area contributed by atoms with Gasteiger partial charge in [-0.25, -0.2) is 4.79 Å². The van der Waals surface area contributed by atoms with Crippen molar-refractivity contribution in [3.05, 3.63) is 35.9 Å². The maximum Gasteiger partial charge on any atom is 0.407 e. The Morgan fingerprint density at radius 3 is 2.83 bits per heavy atom. The first-order valence-corrected chi connectivity index (χ1v) is 6.08. The van der Waals surface area contributed by atoms with Crippen molar-refractivity contribution in [3.8, 4) is 0 Å². The smallest absolute Gasteiger partial charge is 0.407 e. The van der Waals surface area contributed by atoms with Crippen LogP contribution in [0.15, 0.2) is 30.3 Å². The van der Waals surface area contributed by atoms with E-state index in [9.17, 15) is 4.79 Å². The van der Waals surface area contributed by atoms with Crippen molar-refractivity contribution in [1.29, 1.82) is 0 Å². The SMILES string of the molecule is NCC1OC(=O)NC1CCOCc1ccccc1. The van der Waals surface area contributed by atoms with Crippen LogP contribution in [0.3, 0.4) is 0 Å². The van der Waals surface area contributed by atoms with Gasteiger partial charge in [-0.05, 0) is 12.0 Å². The van der Waals surface area contributed by atoms with Crippen LogP contribution in [-0.4, -0.2) is 31.4 Å². The lowest BCUT2D eigenvalue weighted by Crippen LogP contribution is -2.36. The zero-order valence-corrected chi connectivity index (χ0v) is 10.2. The van der Waals surface area contributed by atoms with E-state index >= 15 is 0 Å². The summed E-state index contributed by atoms with van der Waals surface area (Å²) in [6.45, 7) is 1.48. The maximum atomic E-state index is 11.0. The van der Waals surface area contributed by atoms with Crippen molar-refractivity contribution in [2.24, 2.45) is 5.73 Å². The number of nitrogens with two attached hydrogens (primary N) is 1. The Morgan fingerprint density at radius 1 is 1.33 bits per heavy atom. The molecule has 0 bridgehead atoms. The number of amides is 1. The molecule has 0 saturated carbocycles. The average molecular weight is 250 g/mol. The van der Waals surface area contributed by atoms with Gasteiger partial charge < -0.3 is 20.5 Å². The van der Waals surface area contributed by atoms with Crippen molar-refractivity contribution in [1.82, 2.24) is 5.32 Å². The van der Waals surface area contributed by atoms with Crippen LogP contribution in [-0.2, 0) is 16.1 Å². The van der Waals surface area contributed by atoms with Gasteiger partial charge in [-0.3, -0.25) is 0 Å². The number of carbonyl (C=O) groups is 1. The maximum absolute atomic E-state index is 11.0. The van der Waals surface area contributed by atoms with E-state index in [0.29, 0.717) is 26.2 Å². The first kappa shape index (κ1) is 12.9. The highest BCUT2D eigenvalue weighted by molar-refractivity contribution is 5.70. The summed E-state index contributed by atoms with van der Waals surface area (Å²) in [6, 6.07) is 9.92.